The number of amides is 1. The van der Waals surface area contributed by atoms with E-state index in [0.29, 0.717) is 22.3 Å². The molecule has 0 radical (unpaired) electrons. The first-order valence-corrected chi connectivity index (χ1v) is 8.04. The second-order valence-electron chi connectivity index (χ2n) is 5.62. The number of pyridine rings is 1. The highest BCUT2D eigenvalue weighted by Crippen LogP contribution is 2.16. The van der Waals surface area contributed by atoms with E-state index in [1.54, 1.807) is 60.8 Å². The Labute approximate surface area is 148 Å². The number of anilines is 1. The number of carbonyl (C=O) groups excluding carboxylic acids is 1. The van der Waals surface area contributed by atoms with Crippen molar-refractivity contribution in [2.75, 3.05) is 5.32 Å². The van der Waals surface area contributed by atoms with Gasteiger partial charge < -0.3 is 5.32 Å². The minimum Gasteiger partial charge on any atom is -0.305 e. The molecular weight excluding hydrogens is 328 g/mol. The fraction of sp³-hybridized carbons (Fsp3) is 0. The number of nitrogens with one attached hydrogen (secondary N) is 1. The van der Waals surface area contributed by atoms with Crippen LogP contribution in [-0.2, 0) is 0 Å². The SMILES string of the molecule is O=C(Nc1ccccn1)c1nn(-c2ccccc2)c(=O)c2ccccc12. The van der Waals surface area contributed by atoms with Gasteiger partial charge >= 0.3 is 0 Å². The van der Waals surface area contributed by atoms with Crippen LogP contribution in [0.15, 0.2) is 83.8 Å². The van der Waals surface area contributed by atoms with E-state index in [0.717, 1.165) is 0 Å². The van der Waals surface area contributed by atoms with Crippen molar-refractivity contribution in [1.29, 1.82) is 0 Å². The van der Waals surface area contributed by atoms with Crippen LogP contribution in [0, 0.1) is 0 Å². The summed E-state index contributed by atoms with van der Waals surface area (Å²) in [5.74, 6) is -0.00887. The number of nitrogens with zero attached hydrogens (tertiary/aromatic N) is 3. The van der Waals surface area contributed by atoms with Crippen LogP contribution in [0.3, 0.4) is 0 Å². The Hall–Kier alpha value is -3.80. The molecule has 0 saturated heterocycles. The fourth-order valence-corrected chi connectivity index (χ4v) is 2.71. The summed E-state index contributed by atoms with van der Waals surface area (Å²) >= 11 is 0. The van der Waals surface area contributed by atoms with Crippen LogP contribution in [0.5, 0.6) is 0 Å². The van der Waals surface area contributed by atoms with Crippen molar-refractivity contribution in [3.05, 3.63) is 95.0 Å². The molecule has 1 amide bonds. The first kappa shape index (κ1) is 15.7. The highest BCUT2D eigenvalue weighted by atomic mass is 16.2. The Kier molecular flexibility index (Phi) is 3.99. The number of carbonyl (C=O) groups is 1. The molecule has 0 aliphatic rings. The molecular formula is C20H14N4O2. The third-order valence-corrected chi connectivity index (χ3v) is 3.93. The molecule has 0 aliphatic heterocycles. The predicted molar refractivity (Wildman–Crippen MR) is 99.5 cm³/mol. The van der Waals surface area contributed by atoms with E-state index in [1.165, 1.54) is 4.68 Å². The van der Waals surface area contributed by atoms with Crippen LogP contribution >= 0.6 is 0 Å². The Morgan fingerprint density at radius 1 is 0.846 bits per heavy atom. The van der Waals surface area contributed by atoms with Crippen molar-refractivity contribution in [3.8, 4) is 5.69 Å². The minimum atomic E-state index is -0.426. The Morgan fingerprint density at radius 3 is 2.27 bits per heavy atom. The lowest BCUT2D eigenvalue weighted by molar-refractivity contribution is 0.102. The molecule has 4 aromatic rings. The molecule has 6 nitrogen and oxygen atoms in total. The summed E-state index contributed by atoms with van der Waals surface area (Å²) in [6, 6.07) is 21.2. The molecule has 6 heteroatoms. The van der Waals surface area contributed by atoms with Crippen LogP contribution in [0.2, 0.25) is 0 Å². The van der Waals surface area contributed by atoms with Crippen molar-refractivity contribution in [2.24, 2.45) is 0 Å². The summed E-state index contributed by atoms with van der Waals surface area (Å²) in [6.07, 6.45) is 1.59. The van der Waals surface area contributed by atoms with Gasteiger partial charge in [-0.2, -0.15) is 9.78 Å². The second kappa shape index (κ2) is 6.60. The van der Waals surface area contributed by atoms with Gasteiger partial charge in [-0.25, -0.2) is 4.98 Å². The zero-order chi connectivity index (χ0) is 17.9. The normalized spacial score (nSPS) is 10.6. The zero-order valence-corrected chi connectivity index (χ0v) is 13.7. The summed E-state index contributed by atoms with van der Waals surface area (Å²) in [4.78, 5) is 29.7. The van der Waals surface area contributed by atoms with Gasteiger partial charge in [0.25, 0.3) is 11.5 Å². The maximum absolute atomic E-state index is 12.8. The van der Waals surface area contributed by atoms with E-state index >= 15 is 0 Å². The molecule has 2 aromatic heterocycles. The molecule has 0 unspecified atom stereocenters. The lowest BCUT2D eigenvalue weighted by atomic mass is 10.1. The van der Waals surface area contributed by atoms with Crippen molar-refractivity contribution in [3.63, 3.8) is 0 Å². The van der Waals surface area contributed by atoms with Gasteiger partial charge in [-0.3, -0.25) is 9.59 Å². The van der Waals surface area contributed by atoms with E-state index in [-0.39, 0.29) is 11.3 Å². The van der Waals surface area contributed by atoms with Gasteiger partial charge in [-0.1, -0.05) is 42.5 Å². The van der Waals surface area contributed by atoms with Crippen molar-refractivity contribution in [1.82, 2.24) is 14.8 Å². The number of hydrogen-bond donors (Lipinski definition) is 1. The van der Waals surface area contributed by atoms with E-state index in [9.17, 15) is 9.59 Å². The van der Waals surface area contributed by atoms with E-state index < -0.39 is 5.91 Å². The van der Waals surface area contributed by atoms with E-state index in [4.69, 9.17) is 0 Å². The zero-order valence-electron chi connectivity index (χ0n) is 13.7. The molecule has 0 bridgehead atoms. The van der Waals surface area contributed by atoms with Crippen molar-refractivity contribution < 1.29 is 4.79 Å². The van der Waals surface area contributed by atoms with Crippen molar-refractivity contribution >= 4 is 22.5 Å². The molecule has 2 heterocycles. The van der Waals surface area contributed by atoms with Crippen LogP contribution in [-0.4, -0.2) is 20.7 Å². The predicted octanol–water partition coefficient (Wildman–Crippen LogP) is 3.03. The summed E-state index contributed by atoms with van der Waals surface area (Å²) < 4.78 is 1.25. The third-order valence-electron chi connectivity index (χ3n) is 3.93. The molecule has 26 heavy (non-hydrogen) atoms. The molecule has 0 spiro atoms. The molecule has 126 valence electrons. The van der Waals surface area contributed by atoms with Crippen LogP contribution in [0.25, 0.3) is 16.5 Å². The average molecular weight is 342 g/mol. The fourth-order valence-electron chi connectivity index (χ4n) is 2.71. The minimum absolute atomic E-state index is 0.162. The second-order valence-corrected chi connectivity index (χ2v) is 5.62. The number of benzene rings is 2. The third kappa shape index (κ3) is 2.84. The molecule has 4 rings (SSSR count). The number of hydrogen-bond acceptors (Lipinski definition) is 4. The largest absolute Gasteiger partial charge is 0.305 e. The quantitative estimate of drug-likeness (QED) is 0.621. The molecule has 0 atom stereocenters. The monoisotopic (exact) mass is 342 g/mol. The topological polar surface area (TPSA) is 76.9 Å². The smallest absolute Gasteiger partial charge is 0.279 e. The van der Waals surface area contributed by atoms with Crippen LogP contribution in [0.1, 0.15) is 10.5 Å². The van der Waals surface area contributed by atoms with Gasteiger partial charge in [0.2, 0.25) is 0 Å². The van der Waals surface area contributed by atoms with Gasteiger partial charge in [0.05, 0.1) is 11.1 Å². The molecule has 1 N–H and O–H groups in total. The van der Waals surface area contributed by atoms with Gasteiger partial charge in [-0.05, 0) is 30.3 Å². The number of para-hydroxylation sites is 1. The number of fused-ring (bicyclic) bond motifs is 1. The van der Waals surface area contributed by atoms with Gasteiger partial charge in [-0.15, -0.1) is 0 Å². The van der Waals surface area contributed by atoms with E-state index in [1.807, 2.05) is 18.2 Å². The molecule has 2 aromatic carbocycles. The summed E-state index contributed by atoms with van der Waals surface area (Å²) in [5, 5.41) is 7.98. The molecule has 0 saturated carbocycles. The van der Waals surface area contributed by atoms with E-state index in [2.05, 4.69) is 15.4 Å². The number of aromatic nitrogens is 3. The summed E-state index contributed by atoms with van der Waals surface area (Å²) in [7, 11) is 0. The molecule has 0 fully saturated rings. The van der Waals surface area contributed by atoms with Crippen molar-refractivity contribution in [2.45, 2.75) is 0 Å². The Morgan fingerprint density at radius 2 is 1.54 bits per heavy atom. The Balaban J connectivity index is 1.90. The summed E-state index contributed by atoms with van der Waals surface area (Å²) in [5.41, 5.74) is 0.478. The highest BCUT2D eigenvalue weighted by molar-refractivity contribution is 6.10. The maximum Gasteiger partial charge on any atom is 0.279 e. The highest BCUT2D eigenvalue weighted by Gasteiger charge is 2.17. The lowest BCUT2D eigenvalue weighted by Gasteiger charge is -2.11. The Bertz CT molecular complexity index is 1140. The first-order valence-electron chi connectivity index (χ1n) is 8.04. The summed E-state index contributed by atoms with van der Waals surface area (Å²) in [6.45, 7) is 0. The van der Waals surface area contributed by atoms with Gasteiger partial charge in [0.1, 0.15) is 5.82 Å². The van der Waals surface area contributed by atoms with Gasteiger partial charge in [0.15, 0.2) is 5.69 Å². The first-order chi connectivity index (χ1) is 12.7. The molecule has 0 aliphatic carbocycles. The number of rotatable bonds is 3. The van der Waals surface area contributed by atoms with Crippen LogP contribution < -0.4 is 10.9 Å². The van der Waals surface area contributed by atoms with Gasteiger partial charge in [0, 0.05) is 11.6 Å². The standard InChI is InChI=1S/C20H14N4O2/c25-19(22-17-12-6-7-13-21-17)18-15-10-4-5-11-16(15)20(26)24(23-18)14-8-2-1-3-9-14/h1-13H,(H,21,22,25). The van der Waals surface area contributed by atoms with Crippen LogP contribution in [0.4, 0.5) is 5.82 Å². The lowest BCUT2D eigenvalue weighted by Crippen LogP contribution is -2.26. The maximum atomic E-state index is 12.8. The average Bonchev–Trinajstić information content (AvgIpc) is 2.70.